The normalized spacial score (nSPS) is 16.1. The van der Waals surface area contributed by atoms with Gasteiger partial charge in [0.2, 0.25) is 29.4 Å². The predicted molar refractivity (Wildman–Crippen MR) is 211 cm³/mol. The molecule has 0 aliphatic carbocycles. The molecule has 1 unspecified atom stereocenters. The minimum atomic E-state index is -1.28. The van der Waals surface area contributed by atoms with E-state index in [1.807, 2.05) is 13.8 Å². The molecule has 2 aromatic rings. The van der Waals surface area contributed by atoms with Crippen molar-refractivity contribution in [1.82, 2.24) is 36.9 Å². The second-order valence-electron chi connectivity index (χ2n) is 14.2. The Morgan fingerprint density at radius 2 is 1.56 bits per heavy atom. The number of nitrogens with two attached hydrogens (primary N) is 3. The van der Waals surface area contributed by atoms with Crippen molar-refractivity contribution in [2.75, 3.05) is 32.8 Å². The van der Waals surface area contributed by atoms with Crippen LogP contribution in [0, 0.1) is 5.92 Å². The second-order valence-corrected chi connectivity index (χ2v) is 15.2. The highest BCUT2D eigenvalue weighted by Gasteiger charge is 2.32. The summed E-state index contributed by atoms with van der Waals surface area (Å²) in [6.07, 6.45) is 2.83. The SMILES string of the molecule is CC(=O)N[C@@H](CO)C(=O)N[C@@H](CCCCN)C(=O)N[C@@H](CC(C)C)C(=O)N[C@@H](CCCN=C(N)N)C(=O)c1nc2ccc(C(O)NC3CCNCC3)cc2s1. The fraction of sp³-hybridized carbons (Fsp3) is 0.639. The molecule has 0 bridgehead atoms. The molecule has 18 nitrogen and oxygen atoms in total. The van der Waals surface area contributed by atoms with Crippen molar-refractivity contribution in [1.29, 1.82) is 0 Å². The lowest BCUT2D eigenvalue weighted by Gasteiger charge is -2.27. The van der Waals surface area contributed by atoms with E-state index in [4.69, 9.17) is 17.2 Å². The number of nitrogens with one attached hydrogen (secondary N) is 6. The van der Waals surface area contributed by atoms with Crippen LogP contribution < -0.4 is 49.1 Å². The number of hydrogen-bond donors (Lipinski definition) is 11. The van der Waals surface area contributed by atoms with Crippen LogP contribution in [0.25, 0.3) is 10.2 Å². The van der Waals surface area contributed by atoms with Gasteiger partial charge in [0.1, 0.15) is 24.4 Å². The van der Waals surface area contributed by atoms with Gasteiger partial charge in [0.05, 0.1) is 22.9 Å². The van der Waals surface area contributed by atoms with Crippen LogP contribution in [0.3, 0.4) is 0 Å². The first kappa shape index (κ1) is 45.1. The lowest BCUT2D eigenvalue weighted by Crippen LogP contribution is -2.58. The summed E-state index contributed by atoms with van der Waals surface area (Å²) in [5, 5.41) is 37.8. The summed E-state index contributed by atoms with van der Waals surface area (Å²) < 4.78 is 0.687. The molecular weight excluding hydrogens is 731 g/mol. The molecule has 1 saturated heterocycles. The first-order chi connectivity index (χ1) is 26.2. The van der Waals surface area contributed by atoms with E-state index in [0.29, 0.717) is 41.6 Å². The third kappa shape index (κ3) is 15.1. The lowest BCUT2D eigenvalue weighted by atomic mass is 10.00. The third-order valence-corrected chi connectivity index (χ3v) is 10.1. The van der Waals surface area contributed by atoms with E-state index in [2.05, 4.69) is 41.9 Å². The van der Waals surface area contributed by atoms with Crippen LogP contribution >= 0.6 is 11.3 Å². The molecule has 0 spiro atoms. The van der Waals surface area contributed by atoms with Crippen LogP contribution in [-0.2, 0) is 19.2 Å². The number of hydrogen-bond acceptors (Lipinski definition) is 13. The molecule has 3 rings (SSSR count). The fourth-order valence-corrected chi connectivity index (χ4v) is 7.18. The molecule has 1 aromatic heterocycles. The molecule has 14 N–H and O–H groups in total. The highest BCUT2D eigenvalue weighted by atomic mass is 32.1. The van der Waals surface area contributed by atoms with Gasteiger partial charge < -0.3 is 54.0 Å². The van der Waals surface area contributed by atoms with Gasteiger partial charge in [0.15, 0.2) is 11.0 Å². The summed E-state index contributed by atoms with van der Waals surface area (Å²) in [6.45, 7) is 6.57. The first-order valence-electron chi connectivity index (χ1n) is 18.9. The third-order valence-electron chi connectivity index (χ3n) is 9.05. The van der Waals surface area contributed by atoms with Crippen molar-refractivity contribution in [2.45, 2.75) is 109 Å². The van der Waals surface area contributed by atoms with Gasteiger partial charge in [-0.2, -0.15) is 0 Å². The number of piperidine rings is 1. The number of guanidine groups is 1. The van der Waals surface area contributed by atoms with Gasteiger partial charge in [-0.3, -0.25) is 34.3 Å². The van der Waals surface area contributed by atoms with Crippen LogP contribution in [-0.4, -0.2) is 114 Å². The number of aliphatic hydroxyl groups is 2. The number of rotatable bonds is 23. The number of benzene rings is 1. The van der Waals surface area contributed by atoms with E-state index in [1.54, 1.807) is 18.2 Å². The monoisotopic (exact) mass is 789 g/mol. The van der Waals surface area contributed by atoms with Crippen molar-refractivity contribution in [3.05, 3.63) is 28.8 Å². The summed E-state index contributed by atoms with van der Waals surface area (Å²) in [4.78, 5) is 74.7. The molecule has 1 aliphatic rings. The molecule has 4 amide bonds. The zero-order chi connectivity index (χ0) is 40.5. The predicted octanol–water partition coefficient (Wildman–Crippen LogP) is -1.01. The smallest absolute Gasteiger partial charge is 0.245 e. The number of ketones is 1. The molecule has 1 fully saturated rings. The summed E-state index contributed by atoms with van der Waals surface area (Å²) in [6, 6.07) is 0.942. The summed E-state index contributed by atoms with van der Waals surface area (Å²) in [5.74, 6) is -3.18. The number of Topliss-reactive ketones (excluding diaryl/α,β-unsaturated/α-hetero) is 1. The van der Waals surface area contributed by atoms with Crippen molar-refractivity contribution >= 4 is 56.9 Å². The number of aliphatic hydroxyl groups excluding tert-OH is 2. The molecule has 2 heterocycles. The van der Waals surface area contributed by atoms with Gasteiger partial charge >= 0.3 is 0 Å². The summed E-state index contributed by atoms with van der Waals surface area (Å²) in [5.41, 5.74) is 17.8. The average molecular weight is 790 g/mol. The Kier molecular flexibility index (Phi) is 18.8. The Balaban J connectivity index is 1.83. The number of nitrogens with zero attached hydrogens (tertiary/aromatic N) is 2. The van der Waals surface area contributed by atoms with Crippen LogP contribution in [0.15, 0.2) is 23.2 Å². The fourth-order valence-electron chi connectivity index (χ4n) is 6.17. The number of carbonyl (C=O) groups is 5. The average Bonchev–Trinajstić information content (AvgIpc) is 3.57. The molecule has 0 radical (unpaired) electrons. The standard InChI is InChI=1S/C36H59N11O7S/c1-20(2)17-27(46-32(52)26(7-4-5-13-37)45-34(54)28(19-48)42-21(3)49)33(53)44-25(8-6-14-41-36(38)39)30(50)35-47-24-10-9-22(18-29(24)55-35)31(51)43-23-11-15-40-16-12-23/h9-10,18,20,23,25-28,31,40,43,48,51H,4-8,11-17,19,37H2,1-3H3,(H,42,49)(H,44,53)(H,45,54)(H,46,52)(H4,38,39,41)/t25-,26-,27-,28-,31?/m0/s1. The number of fused-ring (bicyclic) bond motifs is 1. The lowest BCUT2D eigenvalue weighted by molar-refractivity contribution is -0.134. The van der Waals surface area contributed by atoms with Gasteiger partial charge in [0, 0.05) is 19.5 Å². The van der Waals surface area contributed by atoms with Gasteiger partial charge in [-0.15, -0.1) is 11.3 Å². The maximum atomic E-state index is 14.1. The first-order valence-corrected chi connectivity index (χ1v) is 19.7. The van der Waals surface area contributed by atoms with E-state index in [0.717, 1.165) is 37.3 Å². The molecule has 1 aromatic carbocycles. The van der Waals surface area contributed by atoms with E-state index < -0.39 is 66.4 Å². The largest absolute Gasteiger partial charge is 0.394 e. The molecule has 1 aliphatic heterocycles. The van der Waals surface area contributed by atoms with Gasteiger partial charge in [-0.05, 0) is 94.6 Å². The van der Waals surface area contributed by atoms with E-state index in [1.165, 1.54) is 6.92 Å². The molecule has 306 valence electrons. The number of aromatic nitrogens is 1. The van der Waals surface area contributed by atoms with E-state index in [9.17, 15) is 34.2 Å². The van der Waals surface area contributed by atoms with E-state index in [-0.39, 0.29) is 48.7 Å². The number of carbonyl (C=O) groups excluding carboxylic acids is 5. The number of unbranched alkanes of at least 4 members (excludes halogenated alkanes) is 1. The minimum absolute atomic E-state index is 0.0611. The number of thiazole rings is 1. The highest BCUT2D eigenvalue weighted by molar-refractivity contribution is 7.20. The summed E-state index contributed by atoms with van der Waals surface area (Å²) >= 11 is 1.15. The number of amides is 4. The molecule has 0 saturated carbocycles. The van der Waals surface area contributed by atoms with Crippen molar-refractivity contribution in [3.63, 3.8) is 0 Å². The Labute approximate surface area is 325 Å². The van der Waals surface area contributed by atoms with Crippen molar-refractivity contribution < 1.29 is 34.2 Å². The molecular formula is C36H59N11O7S. The van der Waals surface area contributed by atoms with Gasteiger partial charge in [-0.1, -0.05) is 19.9 Å². The highest BCUT2D eigenvalue weighted by Crippen LogP contribution is 2.27. The second kappa shape index (κ2) is 23.0. The Morgan fingerprint density at radius 1 is 0.927 bits per heavy atom. The molecule has 55 heavy (non-hydrogen) atoms. The Hall–Kier alpha value is -4.27. The summed E-state index contributed by atoms with van der Waals surface area (Å²) in [7, 11) is 0. The zero-order valence-corrected chi connectivity index (χ0v) is 32.8. The van der Waals surface area contributed by atoms with Gasteiger partial charge in [0.25, 0.3) is 0 Å². The molecule has 5 atom stereocenters. The van der Waals surface area contributed by atoms with Crippen molar-refractivity contribution in [3.8, 4) is 0 Å². The van der Waals surface area contributed by atoms with Crippen molar-refractivity contribution in [2.24, 2.45) is 28.1 Å². The van der Waals surface area contributed by atoms with Crippen LogP contribution in [0.1, 0.15) is 93.7 Å². The van der Waals surface area contributed by atoms with Crippen LogP contribution in [0.5, 0.6) is 0 Å². The van der Waals surface area contributed by atoms with Gasteiger partial charge in [-0.25, -0.2) is 4.98 Å². The maximum Gasteiger partial charge on any atom is 0.245 e. The zero-order valence-electron chi connectivity index (χ0n) is 31.9. The molecule has 19 heteroatoms. The Morgan fingerprint density at radius 3 is 2.20 bits per heavy atom. The quantitative estimate of drug-likeness (QED) is 0.0212. The topological polar surface area (TPSA) is 301 Å². The Bertz CT molecular complexity index is 1610. The minimum Gasteiger partial charge on any atom is -0.394 e. The number of aliphatic imine (C=N–C) groups is 1. The van der Waals surface area contributed by atoms with Crippen LogP contribution in [0.4, 0.5) is 0 Å². The van der Waals surface area contributed by atoms with Crippen LogP contribution in [0.2, 0.25) is 0 Å². The van der Waals surface area contributed by atoms with E-state index >= 15 is 0 Å². The maximum absolute atomic E-state index is 14.1.